The van der Waals surface area contributed by atoms with Crippen LogP contribution in [0.25, 0.3) is 0 Å². The van der Waals surface area contributed by atoms with Gasteiger partial charge in [0.25, 0.3) is 0 Å². The maximum absolute atomic E-state index is 11.6. The topological polar surface area (TPSA) is 26.3 Å². The van der Waals surface area contributed by atoms with Crippen molar-refractivity contribution in [2.75, 3.05) is 7.11 Å². The van der Waals surface area contributed by atoms with E-state index in [1.54, 1.807) is 0 Å². The van der Waals surface area contributed by atoms with E-state index in [0.717, 1.165) is 36.0 Å². The maximum Gasteiger partial charge on any atom is 0.305 e. The van der Waals surface area contributed by atoms with Crippen molar-refractivity contribution in [2.24, 2.45) is 46.3 Å². The van der Waals surface area contributed by atoms with Gasteiger partial charge >= 0.3 is 5.97 Å². The van der Waals surface area contributed by atoms with Crippen molar-refractivity contribution >= 4 is 5.97 Å². The molecule has 0 aromatic rings. The molecular formula is C33H66O2. The lowest BCUT2D eigenvalue weighted by atomic mass is 9.44. The van der Waals surface area contributed by atoms with Crippen LogP contribution in [0.2, 0.25) is 0 Å². The molecule has 4 aliphatic carbocycles. The van der Waals surface area contributed by atoms with E-state index in [9.17, 15) is 4.79 Å². The van der Waals surface area contributed by atoms with Crippen molar-refractivity contribution in [1.29, 1.82) is 0 Å². The summed E-state index contributed by atoms with van der Waals surface area (Å²) in [4.78, 5) is 11.6. The predicted octanol–water partition coefficient (Wildman–Crippen LogP) is 10.7. The summed E-state index contributed by atoms with van der Waals surface area (Å²) < 4.78 is 4.89. The minimum absolute atomic E-state index is 0.0335. The molecule has 4 rings (SSSR count). The number of fused-ring (bicyclic) bond motifs is 5. The second-order valence-electron chi connectivity index (χ2n) is 11.2. The molecule has 4 fully saturated rings. The largest absolute Gasteiger partial charge is 0.469 e. The number of hydrogen-bond acceptors (Lipinski definition) is 2. The zero-order chi connectivity index (χ0) is 27.2. The molecule has 0 aliphatic heterocycles. The van der Waals surface area contributed by atoms with Crippen LogP contribution in [-0.2, 0) is 9.53 Å². The van der Waals surface area contributed by atoms with Crippen LogP contribution < -0.4 is 0 Å². The summed E-state index contributed by atoms with van der Waals surface area (Å²) in [6.07, 6.45) is 16.4. The fourth-order valence-electron chi connectivity index (χ4n) is 8.92. The fourth-order valence-corrected chi connectivity index (χ4v) is 8.92. The van der Waals surface area contributed by atoms with Crippen LogP contribution in [0.1, 0.15) is 153 Å². The molecule has 0 amide bonds. The van der Waals surface area contributed by atoms with Gasteiger partial charge in [0, 0.05) is 6.42 Å². The van der Waals surface area contributed by atoms with E-state index >= 15 is 0 Å². The van der Waals surface area contributed by atoms with E-state index in [-0.39, 0.29) is 5.97 Å². The van der Waals surface area contributed by atoms with Crippen molar-refractivity contribution in [3.05, 3.63) is 0 Å². The van der Waals surface area contributed by atoms with Gasteiger partial charge in [0.2, 0.25) is 0 Å². The Hall–Kier alpha value is -0.530. The molecule has 2 nitrogen and oxygen atoms in total. The summed E-state index contributed by atoms with van der Waals surface area (Å²) in [6, 6.07) is 0. The minimum Gasteiger partial charge on any atom is -0.469 e. The number of ether oxygens (including phenoxy) is 1. The first kappa shape index (κ1) is 34.5. The fraction of sp³-hybridized carbons (Fsp3) is 0.970. The molecule has 0 heterocycles. The molecule has 8 atom stereocenters. The monoisotopic (exact) mass is 495 g/mol. The van der Waals surface area contributed by atoms with E-state index in [0.29, 0.717) is 23.2 Å². The molecule has 0 aromatic carbocycles. The Labute approximate surface area is 222 Å². The lowest BCUT2D eigenvalue weighted by Crippen LogP contribution is -2.53. The summed E-state index contributed by atoms with van der Waals surface area (Å²) in [5.41, 5.74) is 1.17. The third-order valence-electron chi connectivity index (χ3n) is 10.4. The molecule has 7 unspecified atom stereocenters. The Morgan fingerprint density at radius 3 is 1.97 bits per heavy atom. The number of carbonyl (C=O) groups excluding carboxylic acids is 1. The van der Waals surface area contributed by atoms with E-state index in [4.69, 9.17) is 4.74 Å². The molecule has 0 bridgehead atoms. The lowest BCUT2D eigenvalue weighted by molar-refractivity contribution is -0.141. The van der Waals surface area contributed by atoms with Gasteiger partial charge in [-0.3, -0.25) is 4.79 Å². The van der Waals surface area contributed by atoms with Crippen molar-refractivity contribution in [3.8, 4) is 0 Å². The summed E-state index contributed by atoms with van der Waals surface area (Å²) >= 11 is 0. The van der Waals surface area contributed by atoms with Crippen LogP contribution in [0.3, 0.4) is 0 Å². The summed E-state index contributed by atoms with van der Waals surface area (Å²) in [5, 5.41) is 0. The van der Waals surface area contributed by atoms with Crippen LogP contribution in [0, 0.1) is 46.3 Å². The molecular weight excluding hydrogens is 428 g/mol. The molecule has 35 heavy (non-hydrogen) atoms. The molecule has 0 N–H and O–H groups in total. The first-order valence-electron chi connectivity index (χ1n) is 16.0. The van der Waals surface area contributed by atoms with Gasteiger partial charge in [0.15, 0.2) is 0 Å². The van der Waals surface area contributed by atoms with Gasteiger partial charge in [-0.15, -0.1) is 0 Å². The second-order valence-corrected chi connectivity index (χ2v) is 11.2. The normalized spacial score (nSPS) is 37.3. The minimum atomic E-state index is -0.0335. The van der Waals surface area contributed by atoms with Crippen LogP contribution in [0.4, 0.5) is 0 Å². The molecule has 0 aromatic heterocycles. The Morgan fingerprint density at radius 1 is 0.771 bits per heavy atom. The predicted molar refractivity (Wildman–Crippen MR) is 156 cm³/mol. The van der Waals surface area contributed by atoms with E-state index in [1.165, 1.54) is 71.3 Å². The van der Waals surface area contributed by atoms with Crippen LogP contribution in [0.15, 0.2) is 0 Å². The molecule has 4 saturated carbocycles. The highest BCUT2D eigenvalue weighted by Crippen LogP contribution is 2.68. The highest BCUT2D eigenvalue weighted by Gasteiger charge is 2.60. The lowest BCUT2D eigenvalue weighted by Gasteiger charge is -2.61. The summed E-state index contributed by atoms with van der Waals surface area (Å²) in [6.45, 7) is 23.7. The third kappa shape index (κ3) is 7.50. The Kier molecular flexibility index (Phi) is 16.8. The van der Waals surface area contributed by atoms with Gasteiger partial charge in [-0.1, -0.05) is 89.0 Å². The average molecular weight is 495 g/mol. The van der Waals surface area contributed by atoms with Crippen LogP contribution >= 0.6 is 0 Å². The van der Waals surface area contributed by atoms with Crippen molar-refractivity contribution < 1.29 is 9.53 Å². The van der Waals surface area contributed by atoms with Crippen LogP contribution in [0.5, 0.6) is 0 Å². The molecule has 0 saturated heterocycles. The van der Waals surface area contributed by atoms with E-state index < -0.39 is 0 Å². The maximum atomic E-state index is 11.6. The highest BCUT2D eigenvalue weighted by atomic mass is 16.5. The number of esters is 1. The first-order chi connectivity index (χ1) is 16.9. The molecule has 0 spiro atoms. The molecule has 2 heteroatoms. The average Bonchev–Trinajstić information content (AvgIpc) is 3.28. The zero-order valence-corrected chi connectivity index (χ0v) is 26.3. The van der Waals surface area contributed by atoms with E-state index in [2.05, 4.69) is 20.8 Å². The molecule has 210 valence electrons. The van der Waals surface area contributed by atoms with Gasteiger partial charge in [0.05, 0.1) is 7.11 Å². The summed E-state index contributed by atoms with van der Waals surface area (Å²) in [7, 11) is 1.52. The third-order valence-corrected chi connectivity index (χ3v) is 10.4. The van der Waals surface area contributed by atoms with Gasteiger partial charge in [0.1, 0.15) is 0 Å². The number of carbonyl (C=O) groups is 1. The Balaban J connectivity index is 0.00000132. The SMILES string of the molecule is CC.CC.CC.CC.COC(=O)CC[C@@H](C)C1CCC2C3CCC4CCCCC4(C)C3CCC21C. The standard InChI is InChI=1S/C25H42O2.4C2H6/c1-17(8-13-23(26)27-4)20-11-12-21-19-10-9-18-7-5-6-15-24(18,2)22(19)14-16-25(20,21)3;4*1-2/h17-22H,5-16H2,1-4H3;4*1-2H3/t17-,18?,19?,20?,21?,22?,24?,25?;;;;/m1..../s1. The van der Waals surface area contributed by atoms with Gasteiger partial charge in [-0.2, -0.15) is 0 Å². The number of methoxy groups -OCH3 is 1. The van der Waals surface area contributed by atoms with Crippen molar-refractivity contribution in [2.45, 2.75) is 153 Å². The van der Waals surface area contributed by atoms with Crippen molar-refractivity contribution in [3.63, 3.8) is 0 Å². The quantitative estimate of drug-likeness (QED) is 0.363. The van der Waals surface area contributed by atoms with Gasteiger partial charge in [-0.05, 0) is 104 Å². The molecule has 0 radical (unpaired) electrons. The zero-order valence-electron chi connectivity index (χ0n) is 26.3. The number of rotatable bonds is 4. The van der Waals surface area contributed by atoms with Crippen LogP contribution in [-0.4, -0.2) is 13.1 Å². The van der Waals surface area contributed by atoms with Crippen molar-refractivity contribution in [1.82, 2.24) is 0 Å². The summed E-state index contributed by atoms with van der Waals surface area (Å²) in [5.74, 6) is 5.38. The number of hydrogen-bond donors (Lipinski definition) is 0. The highest BCUT2D eigenvalue weighted by molar-refractivity contribution is 5.69. The second kappa shape index (κ2) is 17.1. The van der Waals surface area contributed by atoms with Gasteiger partial charge < -0.3 is 4.74 Å². The Bertz CT molecular complexity index is 557. The van der Waals surface area contributed by atoms with E-state index in [1.807, 2.05) is 55.4 Å². The molecule has 4 aliphatic rings. The first-order valence-corrected chi connectivity index (χ1v) is 16.0. The Morgan fingerprint density at radius 2 is 1.37 bits per heavy atom. The van der Waals surface area contributed by atoms with Gasteiger partial charge in [-0.25, -0.2) is 0 Å². The smallest absolute Gasteiger partial charge is 0.305 e.